The Labute approximate surface area is 123 Å². The van der Waals surface area contributed by atoms with E-state index >= 15 is 0 Å². The monoisotopic (exact) mass is 290 g/mol. The van der Waals surface area contributed by atoms with Gasteiger partial charge in [-0.2, -0.15) is 0 Å². The van der Waals surface area contributed by atoms with E-state index < -0.39 is 5.60 Å². The summed E-state index contributed by atoms with van der Waals surface area (Å²) in [6.45, 7) is 1.84. The summed E-state index contributed by atoms with van der Waals surface area (Å²) in [6, 6.07) is 16.2. The number of hydrogen-bond acceptors (Lipinski definition) is 3. The van der Waals surface area contributed by atoms with Crippen LogP contribution in [-0.4, -0.2) is 17.6 Å². The Balaban J connectivity index is 2.33. The summed E-state index contributed by atoms with van der Waals surface area (Å²) >= 11 is 3.41. The highest BCUT2D eigenvalue weighted by Crippen LogP contribution is 2.31. The molecule has 2 rings (SSSR count). The van der Waals surface area contributed by atoms with E-state index in [1.54, 1.807) is 23.5 Å². The lowest BCUT2D eigenvalue weighted by molar-refractivity contribution is 0.102. The maximum absolute atomic E-state index is 10.8. The first-order valence-electron chi connectivity index (χ1n) is 6.09. The van der Waals surface area contributed by atoms with E-state index in [1.165, 1.54) is 9.79 Å². The van der Waals surface area contributed by atoms with E-state index in [-0.39, 0.29) is 0 Å². The molecule has 3 heteroatoms. The third-order valence-corrected chi connectivity index (χ3v) is 4.79. The molecule has 0 unspecified atom stereocenters. The predicted molar refractivity (Wildman–Crippen MR) is 85.1 cm³/mol. The fourth-order valence-electron chi connectivity index (χ4n) is 2.00. The van der Waals surface area contributed by atoms with Gasteiger partial charge < -0.3 is 5.11 Å². The molecule has 0 bridgehead atoms. The van der Waals surface area contributed by atoms with E-state index in [0.717, 1.165) is 11.1 Å². The average molecular weight is 290 g/mol. The Kier molecular flexibility index (Phi) is 4.61. The molecule has 2 aromatic rings. The lowest BCUT2D eigenvalue weighted by Gasteiger charge is -2.25. The third kappa shape index (κ3) is 3.16. The van der Waals surface area contributed by atoms with Crippen LogP contribution in [0.1, 0.15) is 18.1 Å². The van der Waals surface area contributed by atoms with Crippen molar-refractivity contribution in [2.24, 2.45) is 0 Å². The summed E-state index contributed by atoms with van der Waals surface area (Å²) in [7, 11) is 0. The molecule has 19 heavy (non-hydrogen) atoms. The minimum absolute atomic E-state index is 0.919. The van der Waals surface area contributed by atoms with E-state index in [2.05, 4.69) is 0 Å². The lowest BCUT2D eigenvalue weighted by Crippen LogP contribution is -2.22. The number of benzene rings is 2. The number of aliphatic hydroxyl groups is 1. The molecule has 0 fully saturated rings. The SMILES string of the molecule is CSc1ccc(C(C)(O)c2ccc(SC)cc2)cc1. The summed E-state index contributed by atoms with van der Waals surface area (Å²) in [5.74, 6) is 0. The van der Waals surface area contributed by atoms with E-state index in [0.29, 0.717) is 0 Å². The van der Waals surface area contributed by atoms with Crippen LogP contribution in [0.25, 0.3) is 0 Å². The second-order valence-electron chi connectivity index (χ2n) is 4.53. The maximum Gasteiger partial charge on any atom is 0.112 e. The molecule has 0 aliphatic heterocycles. The Morgan fingerprint density at radius 1 is 0.737 bits per heavy atom. The maximum atomic E-state index is 10.8. The Morgan fingerprint density at radius 2 is 1.05 bits per heavy atom. The highest BCUT2D eigenvalue weighted by molar-refractivity contribution is 7.98. The van der Waals surface area contributed by atoms with Gasteiger partial charge in [-0.3, -0.25) is 0 Å². The van der Waals surface area contributed by atoms with Crippen LogP contribution in [0.15, 0.2) is 58.3 Å². The van der Waals surface area contributed by atoms with Gasteiger partial charge in [-0.1, -0.05) is 24.3 Å². The first-order valence-corrected chi connectivity index (χ1v) is 8.54. The van der Waals surface area contributed by atoms with Gasteiger partial charge in [0, 0.05) is 9.79 Å². The molecular formula is C16H18OS2. The predicted octanol–water partition coefficient (Wildman–Crippen LogP) is 4.39. The molecule has 0 radical (unpaired) electrons. The van der Waals surface area contributed by atoms with Crippen molar-refractivity contribution in [2.75, 3.05) is 12.5 Å². The van der Waals surface area contributed by atoms with Crippen molar-refractivity contribution in [3.05, 3.63) is 59.7 Å². The summed E-state index contributed by atoms with van der Waals surface area (Å²) < 4.78 is 0. The molecule has 1 N–H and O–H groups in total. The summed E-state index contributed by atoms with van der Waals surface area (Å²) in [4.78, 5) is 2.41. The topological polar surface area (TPSA) is 20.2 Å². The van der Waals surface area contributed by atoms with Crippen LogP contribution in [0.5, 0.6) is 0 Å². The van der Waals surface area contributed by atoms with Gasteiger partial charge in [0.15, 0.2) is 0 Å². The van der Waals surface area contributed by atoms with Crippen LogP contribution < -0.4 is 0 Å². The van der Waals surface area contributed by atoms with Crippen molar-refractivity contribution in [3.63, 3.8) is 0 Å². The van der Waals surface area contributed by atoms with E-state index in [1.807, 2.05) is 68.0 Å². The second kappa shape index (κ2) is 6.04. The van der Waals surface area contributed by atoms with Crippen LogP contribution >= 0.6 is 23.5 Å². The smallest absolute Gasteiger partial charge is 0.112 e. The zero-order valence-corrected chi connectivity index (χ0v) is 13.0. The molecule has 0 spiro atoms. The quantitative estimate of drug-likeness (QED) is 0.844. The van der Waals surface area contributed by atoms with Crippen LogP contribution in [0.2, 0.25) is 0 Å². The highest BCUT2D eigenvalue weighted by Gasteiger charge is 2.25. The second-order valence-corrected chi connectivity index (χ2v) is 6.29. The highest BCUT2D eigenvalue weighted by atomic mass is 32.2. The zero-order valence-electron chi connectivity index (χ0n) is 11.4. The Morgan fingerprint density at radius 3 is 1.32 bits per heavy atom. The van der Waals surface area contributed by atoms with Gasteiger partial charge in [-0.15, -0.1) is 23.5 Å². The third-order valence-electron chi connectivity index (χ3n) is 3.30. The molecule has 2 aromatic carbocycles. The van der Waals surface area contributed by atoms with Gasteiger partial charge in [0.25, 0.3) is 0 Å². The van der Waals surface area contributed by atoms with Crippen LogP contribution in [0, 0.1) is 0 Å². The molecule has 0 aromatic heterocycles. The molecule has 0 saturated heterocycles. The molecule has 0 amide bonds. The van der Waals surface area contributed by atoms with E-state index in [4.69, 9.17) is 0 Å². The standard InChI is InChI=1S/C16H18OS2/c1-16(17,12-4-8-14(18-2)9-5-12)13-6-10-15(19-3)11-7-13/h4-11,17H,1-3H3. The Hall–Kier alpha value is -0.900. The van der Waals surface area contributed by atoms with Crippen molar-refractivity contribution in [2.45, 2.75) is 22.3 Å². The van der Waals surface area contributed by atoms with Crippen molar-refractivity contribution in [1.82, 2.24) is 0 Å². The molecule has 0 saturated carbocycles. The molecule has 0 aliphatic carbocycles. The number of rotatable bonds is 4. The fraction of sp³-hybridized carbons (Fsp3) is 0.250. The van der Waals surface area contributed by atoms with Crippen molar-refractivity contribution in [1.29, 1.82) is 0 Å². The largest absolute Gasteiger partial charge is 0.381 e. The lowest BCUT2D eigenvalue weighted by atomic mass is 9.88. The van der Waals surface area contributed by atoms with Crippen molar-refractivity contribution < 1.29 is 5.11 Å². The van der Waals surface area contributed by atoms with Crippen LogP contribution in [0.3, 0.4) is 0 Å². The van der Waals surface area contributed by atoms with Crippen LogP contribution in [0.4, 0.5) is 0 Å². The summed E-state index contributed by atoms with van der Waals surface area (Å²) in [5.41, 5.74) is 0.887. The average Bonchev–Trinajstić information content (AvgIpc) is 2.47. The fourth-order valence-corrected chi connectivity index (χ4v) is 2.81. The number of thioether (sulfide) groups is 2. The van der Waals surface area contributed by atoms with Gasteiger partial charge in [-0.05, 0) is 54.8 Å². The molecule has 0 atom stereocenters. The van der Waals surface area contributed by atoms with Gasteiger partial charge in [0.2, 0.25) is 0 Å². The molecule has 100 valence electrons. The summed E-state index contributed by atoms with van der Waals surface area (Å²) in [5, 5.41) is 10.8. The van der Waals surface area contributed by atoms with Gasteiger partial charge in [0.05, 0.1) is 0 Å². The normalized spacial score (nSPS) is 11.6. The first-order chi connectivity index (χ1) is 9.07. The Bertz CT molecular complexity index is 480. The van der Waals surface area contributed by atoms with Crippen molar-refractivity contribution >= 4 is 23.5 Å². The molecular weight excluding hydrogens is 272 g/mol. The van der Waals surface area contributed by atoms with Gasteiger partial charge in [0.1, 0.15) is 5.60 Å². The number of hydrogen-bond donors (Lipinski definition) is 1. The van der Waals surface area contributed by atoms with E-state index in [9.17, 15) is 5.11 Å². The van der Waals surface area contributed by atoms with Gasteiger partial charge >= 0.3 is 0 Å². The zero-order chi connectivity index (χ0) is 13.9. The minimum atomic E-state index is -0.951. The molecule has 0 aliphatic rings. The summed E-state index contributed by atoms with van der Waals surface area (Å²) in [6.07, 6.45) is 4.10. The van der Waals surface area contributed by atoms with Gasteiger partial charge in [-0.25, -0.2) is 0 Å². The van der Waals surface area contributed by atoms with Crippen LogP contribution in [-0.2, 0) is 5.60 Å². The molecule has 0 heterocycles. The van der Waals surface area contributed by atoms with Crippen molar-refractivity contribution in [3.8, 4) is 0 Å². The first kappa shape index (κ1) is 14.5. The molecule has 1 nitrogen and oxygen atoms in total. The minimum Gasteiger partial charge on any atom is -0.381 e.